The van der Waals surface area contributed by atoms with Crippen molar-refractivity contribution >= 4 is 17.4 Å². The number of hydrogen-bond donors (Lipinski definition) is 1. The molecule has 0 spiro atoms. The molecule has 0 aliphatic heterocycles. The highest BCUT2D eigenvalue weighted by Crippen LogP contribution is 2.39. The van der Waals surface area contributed by atoms with E-state index in [0.29, 0.717) is 11.1 Å². The number of hydrogen-bond acceptors (Lipinski definition) is 4. The Morgan fingerprint density at radius 3 is 2.81 bits per heavy atom. The quantitative estimate of drug-likeness (QED) is 0.678. The number of carboxylic acid groups (broad SMARTS) is 1. The van der Waals surface area contributed by atoms with Crippen molar-refractivity contribution in [1.82, 2.24) is 0 Å². The van der Waals surface area contributed by atoms with Gasteiger partial charge < -0.3 is 5.11 Å². The van der Waals surface area contributed by atoms with Gasteiger partial charge in [0.15, 0.2) is 5.78 Å². The first-order valence-corrected chi connectivity index (χ1v) is 6.55. The predicted molar refractivity (Wildman–Crippen MR) is 75.0 cm³/mol. The summed E-state index contributed by atoms with van der Waals surface area (Å²) >= 11 is 0. The molecule has 0 saturated carbocycles. The SMILES string of the molecule is CC1=CC(=O)CC(c2cccc([N+](=O)[O-])c2)C1CC(=O)O. The van der Waals surface area contributed by atoms with Gasteiger partial charge >= 0.3 is 5.97 Å². The molecule has 0 saturated heterocycles. The summed E-state index contributed by atoms with van der Waals surface area (Å²) < 4.78 is 0. The van der Waals surface area contributed by atoms with Crippen LogP contribution in [0, 0.1) is 16.0 Å². The van der Waals surface area contributed by atoms with E-state index in [2.05, 4.69) is 0 Å². The van der Waals surface area contributed by atoms with Crippen molar-refractivity contribution in [2.45, 2.75) is 25.7 Å². The highest BCUT2D eigenvalue weighted by Gasteiger charge is 2.32. The maximum Gasteiger partial charge on any atom is 0.303 e. The Bertz CT molecular complexity index is 635. The Kier molecular flexibility index (Phi) is 4.16. The number of carboxylic acids is 1. The van der Waals surface area contributed by atoms with Crippen LogP contribution in [-0.4, -0.2) is 21.8 Å². The van der Waals surface area contributed by atoms with Gasteiger partial charge in [0.05, 0.1) is 11.3 Å². The van der Waals surface area contributed by atoms with Crippen LogP contribution >= 0.6 is 0 Å². The molecule has 0 bridgehead atoms. The second-order valence-corrected chi connectivity index (χ2v) is 5.22. The lowest BCUT2D eigenvalue weighted by molar-refractivity contribution is -0.384. The van der Waals surface area contributed by atoms with Crippen molar-refractivity contribution in [3.8, 4) is 0 Å². The number of nitro benzene ring substituents is 1. The number of ketones is 1. The smallest absolute Gasteiger partial charge is 0.303 e. The highest BCUT2D eigenvalue weighted by atomic mass is 16.6. The summed E-state index contributed by atoms with van der Waals surface area (Å²) in [6.07, 6.45) is 1.56. The molecule has 1 N–H and O–H groups in total. The first kappa shape index (κ1) is 14.9. The van der Waals surface area contributed by atoms with E-state index < -0.39 is 10.9 Å². The molecular formula is C15H15NO5. The topological polar surface area (TPSA) is 97.5 Å². The van der Waals surface area contributed by atoms with Crippen LogP contribution in [0.3, 0.4) is 0 Å². The molecule has 0 amide bonds. The molecule has 1 aliphatic rings. The summed E-state index contributed by atoms with van der Waals surface area (Å²) in [6, 6.07) is 6.07. The number of carbonyl (C=O) groups is 2. The molecule has 1 aromatic carbocycles. The number of non-ortho nitro benzene ring substituents is 1. The first-order valence-electron chi connectivity index (χ1n) is 6.55. The molecule has 1 aromatic rings. The zero-order valence-corrected chi connectivity index (χ0v) is 11.5. The number of benzene rings is 1. The molecule has 21 heavy (non-hydrogen) atoms. The van der Waals surface area contributed by atoms with Crippen LogP contribution in [0.4, 0.5) is 5.69 Å². The number of aliphatic carboxylic acids is 1. The Hall–Kier alpha value is -2.50. The van der Waals surface area contributed by atoms with Crippen LogP contribution in [0.15, 0.2) is 35.9 Å². The van der Waals surface area contributed by atoms with Gasteiger partial charge in [-0.1, -0.05) is 17.7 Å². The van der Waals surface area contributed by atoms with Crippen LogP contribution in [0.25, 0.3) is 0 Å². The van der Waals surface area contributed by atoms with Crippen molar-refractivity contribution in [2.24, 2.45) is 5.92 Å². The zero-order chi connectivity index (χ0) is 15.6. The number of carbonyl (C=O) groups excluding carboxylic acids is 1. The Morgan fingerprint density at radius 2 is 2.19 bits per heavy atom. The van der Waals surface area contributed by atoms with Gasteiger partial charge in [0, 0.05) is 18.6 Å². The van der Waals surface area contributed by atoms with Crippen molar-refractivity contribution < 1.29 is 19.6 Å². The Balaban J connectivity index is 2.41. The standard InChI is InChI=1S/C15H15NO5/c1-9-5-12(17)7-14(13(9)8-15(18)19)10-3-2-4-11(6-10)16(20)21/h2-6,13-14H,7-8H2,1H3,(H,18,19). The van der Waals surface area contributed by atoms with E-state index in [4.69, 9.17) is 5.11 Å². The van der Waals surface area contributed by atoms with Gasteiger partial charge in [-0.25, -0.2) is 0 Å². The molecule has 2 atom stereocenters. The van der Waals surface area contributed by atoms with Gasteiger partial charge in [0.1, 0.15) is 0 Å². The van der Waals surface area contributed by atoms with E-state index in [1.165, 1.54) is 18.2 Å². The van der Waals surface area contributed by atoms with Crippen LogP contribution in [0.1, 0.15) is 31.2 Å². The lowest BCUT2D eigenvalue weighted by Crippen LogP contribution is -2.25. The molecule has 110 valence electrons. The van der Waals surface area contributed by atoms with Gasteiger partial charge in [-0.3, -0.25) is 19.7 Å². The molecule has 2 unspecified atom stereocenters. The summed E-state index contributed by atoms with van der Waals surface area (Å²) in [4.78, 5) is 33.1. The van der Waals surface area contributed by atoms with Crippen molar-refractivity contribution in [3.05, 3.63) is 51.6 Å². The lowest BCUT2D eigenvalue weighted by atomic mass is 9.73. The van der Waals surface area contributed by atoms with Crippen LogP contribution < -0.4 is 0 Å². The van der Waals surface area contributed by atoms with Crippen molar-refractivity contribution in [1.29, 1.82) is 0 Å². The van der Waals surface area contributed by atoms with Crippen LogP contribution in [0.5, 0.6) is 0 Å². The minimum absolute atomic E-state index is 0.0544. The molecule has 6 heteroatoms. The van der Waals surface area contributed by atoms with Crippen LogP contribution in [0.2, 0.25) is 0 Å². The van der Waals surface area contributed by atoms with E-state index in [0.717, 1.165) is 0 Å². The largest absolute Gasteiger partial charge is 0.481 e. The predicted octanol–water partition coefficient (Wildman–Crippen LogP) is 2.69. The van der Waals surface area contributed by atoms with Crippen molar-refractivity contribution in [2.75, 3.05) is 0 Å². The van der Waals surface area contributed by atoms with E-state index >= 15 is 0 Å². The maximum atomic E-state index is 11.7. The monoisotopic (exact) mass is 289 g/mol. The number of nitro groups is 1. The highest BCUT2D eigenvalue weighted by molar-refractivity contribution is 5.92. The summed E-state index contributed by atoms with van der Waals surface area (Å²) in [5.74, 6) is -1.68. The van der Waals surface area contributed by atoms with Gasteiger partial charge in [0.25, 0.3) is 5.69 Å². The zero-order valence-electron chi connectivity index (χ0n) is 11.5. The Morgan fingerprint density at radius 1 is 1.48 bits per heavy atom. The summed E-state index contributed by atoms with van der Waals surface area (Å²) in [7, 11) is 0. The maximum absolute atomic E-state index is 11.7. The summed E-state index contributed by atoms with van der Waals surface area (Å²) in [5.41, 5.74) is 1.29. The van der Waals surface area contributed by atoms with Gasteiger partial charge in [0.2, 0.25) is 0 Å². The number of nitrogens with zero attached hydrogens (tertiary/aromatic N) is 1. The third-order valence-electron chi connectivity index (χ3n) is 3.78. The minimum atomic E-state index is -0.947. The van der Waals surface area contributed by atoms with Gasteiger partial charge in [-0.15, -0.1) is 0 Å². The third kappa shape index (κ3) is 3.34. The van der Waals surface area contributed by atoms with E-state index in [1.807, 2.05) is 0 Å². The second kappa shape index (κ2) is 5.87. The molecule has 1 aliphatic carbocycles. The molecule has 0 aromatic heterocycles. The van der Waals surface area contributed by atoms with E-state index in [1.54, 1.807) is 19.1 Å². The van der Waals surface area contributed by atoms with Crippen LogP contribution in [-0.2, 0) is 9.59 Å². The fourth-order valence-electron chi connectivity index (χ4n) is 2.81. The Labute approximate surface area is 121 Å². The molecule has 2 rings (SSSR count). The second-order valence-electron chi connectivity index (χ2n) is 5.22. The lowest BCUT2D eigenvalue weighted by Gasteiger charge is -2.30. The molecule has 0 radical (unpaired) electrons. The molecular weight excluding hydrogens is 274 g/mol. The summed E-state index contributed by atoms with van der Waals surface area (Å²) in [5, 5.41) is 19.9. The van der Waals surface area contributed by atoms with E-state index in [-0.39, 0.29) is 36.1 Å². The number of allylic oxidation sites excluding steroid dienone is 2. The number of rotatable bonds is 4. The van der Waals surface area contributed by atoms with E-state index in [9.17, 15) is 19.7 Å². The molecule has 0 fully saturated rings. The average Bonchev–Trinajstić information content (AvgIpc) is 2.41. The third-order valence-corrected chi connectivity index (χ3v) is 3.78. The molecule has 0 heterocycles. The first-order chi connectivity index (χ1) is 9.88. The average molecular weight is 289 g/mol. The normalized spacial score (nSPS) is 21.8. The van der Waals surface area contributed by atoms with Gasteiger partial charge in [-0.2, -0.15) is 0 Å². The summed E-state index contributed by atoms with van der Waals surface area (Å²) in [6.45, 7) is 1.73. The van der Waals surface area contributed by atoms with Gasteiger partial charge in [-0.05, 0) is 30.4 Å². The minimum Gasteiger partial charge on any atom is -0.481 e. The van der Waals surface area contributed by atoms with Crippen molar-refractivity contribution in [3.63, 3.8) is 0 Å². The fraction of sp³-hybridized carbons (Fsp3) is 0.333. The molecule has 6 nitrogen and oxygen atoms in total. The fourth-order valence-corrected chi connectivity index (χ4v) is 2.81.